The molecule has 0 bridgehead atoms. The molecule has 1 N–H and O–H groups in total. The van der Waals surface area contributed by atoms with Crippen molar-refractivity contribution in [3.8, 4) is 0 Å². The van der Waals surface area contributed by atoms with Gasteiger partial charge in [0.25, 0.3) is 0 Å². The average Bonchev–Trinajstić information content (AvgIpc) is 3.24. The number of rotatable bonds is 5. The number of nitrogens with one attached hydrogen (secondary N) is 1. The predicted molar refractivity (Wildman–Crippen MR) is 80.5 cm³/mol. The van der Waals surface area contributed by atoms with Gasteiger partial charge in [-0.2, -0.15) is 0 Å². The Balaban J connectivity index is 1.86. The molecule has 112 valence electrons. The Morgan fingerprint density at radius 2 is 1.95 bits per heavy atom. The van der Waals surface area contributed by atoms with Gasteiger partial charge in [-0.25, -0.2) is 0 Å². The van der Waals surface area contributed by atoms with Crippen molar-refractivity contribution in [1.29, 1.82) is 0 Å². The highest BCUT2D eigenvalue weighted by Gasteiger charge is 2.47. The molecule has 1 unspecified atom stereocenters. The molecule has 0 radical (unpaired) electrons. The Morgan fingerprint density at radius 3 is 2.57 bits per heavy atom. The van der Waals surface area contributed by atoms with Crippen LogP contribution >= 0.6 is 0 Å². The molecule has 1 aromatic rings. The Kier molecular flexibility index (Phi) is 3.70. The van der Waals surface area contributed by atoms with Gasteiger partial charge in [0.15, 0.2) is 0 Å². The van der Waals surface area contributed by atoms with Gasteiger partial charge in [-0.3, -0.25) is 9.59 Å². The lowest BCUT2D eigenvalue weighted by Gasteiger charge is -2.37. The minimum atomic E-state index is -0.471. The summed E-state index contributed by atoms with van der Waals surface area (Å²) >= 11 is 0. The van der Waals surface area contributed by atoms with Crippen molar-refractivity contribution in [3.05, 3.63) is 35.9 Å². The van der Waals surface area contributed by atoms with E-state index in [-0.39, 0.29) is 23.8 Å². The maximum Gasteiger partial charge on any atom is 0.247 e. The van der Waals surface area contributed by atoms with Gasteiger partial charge in [-0.05, 0) is 30.2 Å². The fourth-order valence-corrected chi connectivity index (χ4v) is 3.35. The molecule has 1 heterocycles. The topological polar surface area (TPSA) is 49.4 Å². The second-order valence-corrected chi connectivity index (χ2v) is 6.30. The number of carbonyl (C=O) groups is 2. The molecule has 3 rings (SSSR count). The van der Waals surface area contributed by atoms with E-state index in [1.54, 1.807) is 4.90 Å². The summed E-state index contributed by atoms with van der Waals surface area (Å²) < 4.78 is 0. The molecule has 1 saturated heterocycles. The van der Waals surface area contributed by atoms with E-state index < -0.39 is 6.04 Å². The Labute approximate surface area is 125 Å². The van der Waals surface area contributed by atoms with Crippen LogP contribution in [-0.4, -0.2) is 29.8 Å². The van der Waals surface area contributed by atoms with Crippen molar-refractivity contribution in [1.82, 2.24) is 10.2 Å². The monoisotopic (exact) mass is 286 g/mol. The van der Waals surface area contributed by atoms with Gasteiger partial charge in [-0.15, -0.1) is 0 Å². The van der Waals surface area contributed by atoms with Gasteiger partial charge >= 0.3 is 0 Å². The van der Waals surface area contributed by atoms with Crippen LogP contribution in [0.3, 0.4) is 0 Å². The van der Waals surface area contributed by atoms with E-state index in [4.69, 9.17) is 0 Å². The maximum absolute atomic E-state index is 12.3. The van der Waals surface area contributed by atoms with Crippen LogP contribution in [-0.2, 0) is 9.59 Å². The first-order chi connectivity index (χ1) is 10.2. The SMILES string of the molecule is CCCC1(CN2C(=O)CNC(=O)C2c2ccccc2)CC1. The van der Waals surface area contributed by atoms with Crippen molar-refractivity contribution < 1.29 is 9.59 Å². The number of benzene rings is 1. The molecule has 4 nitrogen and oxygen atoms in total. The van der Waals surface area contributed by atoms with Crippen LogP contribution in [0.25, 0.3) is 0 Å². The number of carbonyl (C=O) groups excluding carboxylic acids is 2. The third kappa shape index (κ3) is 2.80. The van der Waals surface area contributed by atoms with Crippen molar-refractivity contribution in [2.45, 2.75) is 38.6 Å². The molecule has 2 aliphatic rings. The molecule has 0 aromatic heterocycles. The molecule has 21 heavy (non-hydrogen) atoms. The first-order valence-electron chi connectivity index (χ1n) is 7.77. The van der Waals surface area contributed by atoms with E-state index in [0.29, 0.717) is 6.54 Å². The molecule has 1 saturated carbocycles. The van der Waals surface area contributed by atoms with Crippen molar-refractivity contribution in [2.24, 2.45) is 5.41 Å². The summed E-state index contributed by atoms with van der Waals surface area (Å²) in [5.41, 5.74) is 1.16. The molecule has 1 aliphatic carbocycles. The number of amides is 2. The first kappa shape index (κ1) is 14.1. The van der Waals surface area contributed by atoms with Crippen LogP contribution in [0.1, 0.15) is 44.2 Å². The standard InChI is InChI=1S/C17H22N2O2/c1-2-8-17(9-10-17)12-19-14(20)11-18-16(21)15(19)13-6-4-3-5-7-13/h3-7,15H,2,8-12H2,1H3,(H,18,21). The summed E-state index contributed by atoms with van der Waals surface area (Å²) in [5, 5.41) is 2.72. The van der Waals surface area contributed by atoms with Gasteiger partial charge in [0.2, 0.25) is 11.8 Å². The molecular weight excluding hydrogens is 264 g/mol. The zero-order valence-corrected chi connectivity index (χ0v) is 12.5. The Morgan fingerprint density at radius 1 is 1.24 bits per heavy atom. The third-order valence-corrected chi connectivity index (χ3v) is 4.65. The highest BCUT2D eigenvalue weighted by Crippen LogP contribution is 2.51. The molecule has 4 heteroatoms. The summed E-state index contributed by atoms with van der Waals surface area (Å²) in [6.07, 6.45) is 4.62. The fourth-order valence-electron chi connectivity index (χ4n) is 3.35. The van der Waals surface area contributed by atoms with E-state index in [1.807, 2.05) is 30.3 Å². The van der Waals surface area contributed by atoms with E-state index >= 15 is 0 Å². The average molecular weight is 286 g/mol. The summed E-state index contributed by atoms with van der Waals surface area (Å²) in [4.78, 5) is 26.5. The highest BCUT2D eigenvalue weighted by molar-refractivity contribution is 5.95. The highest BCUT2D eigenvalue weighted by atomic mass is 16.2. The van der Waals surface area contributed by atoms with Crippen LogP contribution < -0.4 is 5.32 Å². The van der Waals surface area contributed by atoms with Gasteiger partial charge < -0.3 is 10.2 Å². The Hall–Kier alpha value is -1.84. The number of piperazine rings is 1. The molecule has 2 amide bonds. The number of nitrogens with zero attached hydrogens (tertiary/aromatic N) is 1. The van der Waals surface area contributed by atoms with Crippen LogP contribution in [0.5, 0.6) is 0 Å². The van der Waals surface area contributed by atoms with E-state index in [1.165, 1.54) is 12.8 Å². The summed E-state index contributed by atoms with van der Waals surface area (Å²) in [7, 11) is 0. The maximum atomic E-state index is 12.3. The van der Waals surface area contributed by atoms with Crippen LogP contribution in [0.15, 0.2) is 30.3 Å². The summed E-state index contributed by atoms with van der Waals surface area (Å²) in [6.45, 7) is 3.02. The molecule has 1 aliphatic heterocycles. The molecule has 0 spiro atoms. The lowest BCUT2D eigenvalue weighted by atomic mass is 9.96. The second kappa shape index (κ2) is 5.51. The minimum Gasteiger partial charge on any atom is -0.345 e. The van der Waals surface area contributed by atoms with E-state index in [2.05, 4.69) is 12.2 Å². The fraction of sp³-hybridized carbons (Fsp3) is 0.529. The van der Waals surface area contributed by atoms with Crippen LogP contribution in [0, 0.1) is 5.41 Å². The third-order valence-electron chi connectivity index (χ3n) is 4.65. The van der Waals surface area contributed by atoms with Crippen molar-refractivity contribution in [3.63, 3.8) is 0 Å². The lowest BCUT2D eigenvalue weighted by molar-refractivity contribution is -0.147. The van der Waals surface area contributed by atoms with Gasteiger partial charge in [0, 0.05) is 6.54 Å². The number of hydrogen-bond acceptors (Lipinski definition) is 2. The lowest BCUT2D eigenvalue weighted by Crippen LogP contribution is -2.54. The normalized spacial score (nSPS) is 23.9. The molecular formula is C17H22N2O2. The smallest absolute Gasteiger partial charge is 0.247 e. The predicted octanol–water partition coefficient (Wildman–Crippen LogP) is 2.27. The van der Waals surface area contributed by atoms with E-state index in [9.17, 15) is 9.59 Å². The second-order valence-electron chi connectivity index (χ2n) is 6.30. The zero-order chi connectivity index (χ0) is 14.9. The quantitative estimate of drug-likeness (QED) is 0.902. The van der Waals surface area contributed by atoms with Gasteiger partial charge in [0.1, 0.15) is 6.04 Å². The Bertz CT molecular complexity index is 537. The molecule has 2 fully saturated rings. The van der Waals surface area contributed by atoms with Crippen LogP contribution in [0.4, 0.5) is 0 Å². The molecule has 1 atom stereocenters. The van der Waals surface area contributed by atoms with Crippen molar-refractivity contribution >= 4 is 11.8 Å². The first-order valence-corrected chi connectivity index (χ1v) is 7.77. The zero-order valence-electron chi connectivity index (χ0n) is 12.5. The van der Waals surface area contributed by atoms with Gasteiger partial charge in [0.05, 0.1) is 6.54 Å². The summed E-state index contributed by atoms with van der Waals surface area (Å²) in [5.74, 6) is -0.0288. The van der Waals surface area contributed by atoms with Gasteiger partial charge in [-0.1, -0.05) is 43.7 Å². The number of hydrogen-bond donors (Lipinski definition) is 1. The molecule has 1 aromatic carbocycles. The van der Waals surface area contributed by atoms with Crippen molar-refractivity contribution in [2.75, 3.05) is 13.1 Å². The van der Waals surface area contributed by atoms with E-state index in [0.717, 1.165) is 18.4 Å². The largest absolute Gasteiger partial charge is 0.345 e. The summed E-state index contributed by atoms with van der Waals surface area (Å²) in [6, 6.07) is 9.14. The minimum absolute atomic E-state index is 0.0332. The van der Waals surface area contributed by atoms with Crippen LogP contribution in [0.2, 0.25) is 0 Å².